The monoisotopic (exact) mass is 502 g/mol. The van der Waals surface area contributed by atoms with Crippen molar-refractivity contribution in [2.45, 2.75) is 37.6 Å². The van der Waals surface area contributed by atoms with Crippen molar-refractivity contribution >= 4 is 28.0 Å². The maximum absolute atomic E-state index is 12.5. The zero-order valence-electron chi connectivity index (χ0n) is 17.6. The number of carbonyl (C=O) groups excluding carboxylic acids is 3. The lowest BCUT2D eigenvalue weighted by molar-refractivity contribution is -0.147. The van der Waals surface area contributed by atoms with Crippen LogP contribution in [0.5, 0.6) is 0 Å². The Labute approximate surface area is 193 Å². The number of alkyl carbamates (subject to hydrolysis) is 1. The third kappa shape index (κ3) is 8.73. The number of hydrogen-bond acceptors (Lipinski definition) is 7. The third-order valence-corrected chi connectivity index (χ3v) is 5.33. The number of alkyl halides is 3. The van der Waals surface area contributed by atoms with E-state index in [4.69, 9.17) is 9.47 Å². The Morgan fingerprint density at radius 1 is 0.853 bits per heavy atom. The van der Waals surface area contributed by atoms with Crippen molar-refractivity contribution in [3.05, 3.63) is 71.8 Å². The number of halogens is 3. The molecular formula is C21H21F3N2O7S. The summed E-state index contributed by atoms with van der Waals surface area (Å²) in [7, 11) is -5.90. The molecule has 2 aromatic rings. The third-order valence-electron chi connectivity index (χ3n) is 4.23. The highest BCUT2D eigenvalue weighted by Gasteiger charge is 2.47. The van der Waals surface area contributed by atoms with Crippen LogP contribution in [0, 0.1) is 0 Å². The second-order valence-corrected chi connectivity index (χ2v) is 8.54. The molecule has 0 saturated heterocycles. The van der Waals surface area contributed by atoms with E-state index in [2.05, 4.69) is 5.32 Å². The number of nitrogens with one attached hydrogen (secondary N) is 2. The quantitative estimate of drug-likeness (QED) is 0.478. The zero-order chi connectivity index (χ0) is 25.2. The van der Waals surface area contributed by atoms with Crippen LogP contribution < -0.4 is 10.0 Å². The molecule has 2 amide bonds. The molecule has 9 nitrogen and oxygen atoms in total. The maximum Gasteiger partial charge on any atom is 0.516 e. The van der Waals surface area contributed by atoms with E-state index >= 15 is 0 Å². The fourth-order valence-electron chi connectivity index (χ4n) is 2.52. The number of carbonyl (C=O) groups is 3. The first-order valence-corrected chi connectivity index (χ1v) is 11.3. The molecule has 184 valence electrons. The summed E-state index contributed by atoms with van der Waals surface area (Å²) in [6.45, 7) is -0.311. The summed E-state index contributed by atoms with van der Waals surface area (Å²) >= 11 is 0. The van der Waals surface area contributed by atoms with Crippen LogP contribution >= 0.6 is 0 Å². The molecule has 0 aliphatic carbocycles. The van der Waals surface area contributed by atoms with E-state index in [1.165, 1.54) is 0 Å². The average Bonchev–Trinajstić information content (AvgIpc) is 2.79. The minimum atomic E-state index is -5.90. The van der Waals surface area contributed by atoms with Gasteiger partial charge in [0, 0.05) is 6.42 Å². The Morgan fingerprint density at radius 2 is 1.35 bits per heavy atom. The summed E-state index contributed by atoms with van der Waals surface area (Å²) in [6, 6.07) is 15.5. The van der Waals surface area contributed by atoms with Crippen LogP contribution in [-0.2, 0) is 42.3 Å². The summed E-state index contributed by atoms with van der Waals surface area (Å²) in [4.78, 5) is 36.3. The number of esters is 1. The molecule has 0 aliphatic rings. The van der Waals surface area contributed by atoms with Crippen molar-refractivity contribution in [3.63, 3.8) is 0 Å². The fourth-order valence-corrected chi connectivity index (χ4v) is 3.04. The standard InChI is InChI=1S/C21H21F3N2O7S/c22-21(23,24)34(30,31)26-18(27)12-11-17(19(28)32-13-15-7-3-1-4-8-15)25-20(29)33-14-16-9-5-2-6-10-16/h1-10,17H,11-14H2,(H,25,29)(H,26,27)/t17-/m0/s1. The van der Waals surface area contributed by atoms with E-state index in [-0.39, 0.29) is 13.2 Å². The van der Waals surface area contributed by atoms with E-state index in [9.17, 15) is 36.0 Å². The highest BCUT2D eigenvalue weighted by molar-refractivity contribution is 7.90. The molecule has 1 atom stereocenters. The Hall–Kier alpha value is -3.61. The summed E-state index contributed by atoms with van der Waals surface area (Å²) in [5.41, 5.74) is -4.41. The Balaban J connectivity index is 1.99. The number of rotatable bonds is 10. The first kappa shape index (κ1) is 26.6. The normalized spacial score (nSPS) is 12.3. The van der Waals surface area contributed by atoms with Gasteiger partial charge in [0.15, 0.2) is 0 Å². The lowest BCUT2D eigenvalue weighted by atomic mass is 10.1. The molecule has 0 radical (unpaired) electrons. The predicted molar refractivity (Wildman–Crippen MR) is 112 cm³/mol. The lowest BCUT2D eigenvalue weighted by Crippen LogP contribution is -2.44. The Bertz CT molecular complexity index is 1080. The molecular weight excluding hydrogens is 481 g/mol. The van der Waals surface area contributed by atoms with Gasteiger partial charge >= 0.3 is 27.6 Å². The Kier molecular flexibility index (Phi) is 9.42. The smallest absolute Gasteiger partial charge is 0.459 e. The van der Waals surface area contributed by atoms with Crippen LogP contribution in [0.2, 0.25) is 0 Å². The molecule has 2 N–H and O–H groups in total. The van der Waals surface area contributed by atoms with Gasteiger partial charge in [0.1, 0.15) is 19.3 Å². The molecule has 2 rings (SSSR count). The number of amides is 2. The molecule has 0 fully saturated rings. The molecule has 2 aromatic carbocycles. The van der Waals surface area contributed by atoms with Gasteiger partial charge in [-0.15, -0.1) is 0 Å². The van der Waals surface area contributed by atoms with Gasteiger partial charge in [-0.1, -0.05) is 60.7 Å². The first-order chi connectivity index (χ1) is 16.0. The lowest BCUT2D eigenvalue weighted by Gasteiger charge is -2.18. The SMILES string of the molecule is O=C(CC[C@H](NC(=O)OCc1ccccc1)C(=O)OCc1ccccc1)NS(=O)(=O)C(F)(F)F. The van der Waals surface area contributed by atoms with E-state index < -0.39 is 52.4 Å². The van der Waals surface area contributed by atoms with Crippen molar-refractivity contribution in [1.29, 1.82) is 0 Å². The van der Waals surface area contributed by atoms with Gasteiger partial charge in [0.25, 0.3) is 0 Å². The van der Waals surface area contributed by atoms with Gasteiger partial charge < -0.3 is 14.8 Å². The number of benzene rings is 2. The Morgan fingerprint density at radius 3 is 1.85 bits per heavy atom. The van der Waals surface area contributed by atoms with Crippen LogP contribution in [0.4, 0.5) is 18.0 Å². The fraction of sp³-hybridized carbons (Fsp3) is 0.286. The summed E-state index contributed by atoms with van der Waals surface area (Å²) in [5.74, 6) is -2.51. The van der Waals surface area contributed by atoms with Gasteiger partial charge in [-0.2, -0.15) is 21.6 Å². The van der Waals surface area contributed by atoms with Gasteiger partial charge in [0.05, 0.1) is 0 Å². The summed E-state index contributed by atoms with van der Waals surface area (Å²) in [6.07, 6.45) is -2.43. The highest BCUT2D eigenvalue weighted by atomic mass is 32.2. The van der Waals surface area contributed by atoms with Gasteiger partial charge in [-0.3, -0.25) is 4.79 Å². The van der Waals surface area contributed by atoms with Crippen molar-refractivity contribution in [2.75, 3.05) is 0 Å². The van der Waals surface area contributed by atoms with Gasteiger partial charge in [-0.25, -0.2) is 14.3 Å². The van der Waals surface area contributed by atoms with Crippen molar-refractivity contribution < 1.29 is 45.4 Å². The number of hydrogen-bond donors (Lipinski definition) is 2. The number of ether oxygens (including phenoxy) is 2. The van der Waals surface area contributed by atoms with Crippen LogP contribution in [0.15, 0.2) is 60.7 Å². The van der Waals surface area contributed by atoms with Gasteiger partial charge in [0.2, 0.25) is 5.91 Å². The summed E-state index contributed by atoms with van der Waals surface area (Å²) in [5, 5.41) is 2.18. The van der Waals surface area contributed by atoms with E-state index in [0.29, 0.717) is 11.1 Å². The molecule has 0 heterocycles. The minimum Gasteiger partial charge on any atom is -0.459 e. The molecule has 13 heteroatoms. The van der Waals surface area contributed by atoms with E-state index in [1.807, 2.05) is 0 Å². The molecule has 0 aromatic heterocycles. The maximum atomic E-state index is 12.5. The van der Waals surface area contributed by atoms with Crippen LogP contribution in [-0.4, -0.2) is 37.9 Å². The molecule has 34 heavy (non-hydrogen) atoms. The minimum absolute atomic E-state index is 0.136. The van der Waals surface area contributed by atoms with Crippen LogP contribution in [0.3, 0.4) is 0 Å². The topological polar surface area (TPSA) is 128 Å². The average molecular weight is 502 g/mol. The largest absolute Gasteiger partial charge is 0.516 e. The molecule has 0 bridgehead atoms. The number of sulfonamides is 1. The summed E-state index contributed by atoms with van der Waals surface area (Å²) < 4.78 is 70.4. The van der Waals surface area contributed by atoms with Crippen LogP contribution in [0.1, 0.15) is 24.0 Å². The second kappa shape index (κ2) is 12.0. The molecule has 0 spiro atoms. The van der Waals surface area contributed by atoms with Crippen molar-refractivity contribution in [3.8, 4) is 0 Å². The molecule has 0 saturated carbocycles. The first-order valence-electron chi connectivity index (χ1n) is 9.77. The second-order valence-electron chi connectivity index (χ2n) is 6.87. The van der Waals surface area contributed by atoms with Crippen molar-refractivity contribution in [1.82, 2.24) is 10.0 Å². The molecule has 0 aliphatic heterocycles. The predicted octanol–water partition coefficient (Wildman–Crippen LogP) is 2.77. The molecule has 0 unspecified atom stereocenters. The van der Waals surface area contributed by atoms with E-state index in [0.717, 1.165) is 4.72 Å². The van der Waals surface area contributed by atoms with Gasteiger partial charge in [-0.05, 0) is 17.5 Å². The highest BCUT2D eigenvalue weighted by Crippen LogP contribution is 2.21. The zero-order valence-corrected chi connectivity index (χ0v) is 18.4. The van der Waals surface area contributed by atoms with E-state index in [1.54, 1.807) is 60.7 Å². The van der Waals surface area contributed by atoms with Crippen molar-refractivity contribution in [2.24, 2.45) is 0 Å². The van der Waals surface area contributed by atoms with Crippen LogP contribution in [0.25, 0.3) is 0 Å².